The van der Waals surface area contributed by atoms with Crippen molar-refractivity contribution in [2.45, 2.75) is 46.1 Å². The van der Waals surface area contributed by atoms with Gasteiger partial charge in [0.2, 0.25) is 5.89 Å². The smallest absolute Gasteiger partial charge is 0.254 e. The van der Waals surface area contributed by atoms with Crippen LogP contribution in [0.2, 0.25) is 0 Å². The van der Waals surface area contributed by atoms with E-state index in [1.54, 1.807) is 0 Å². The topological polar surface area (TPSA) is 58.8 Å². The van der Waals surface area contributed by atoms with E-state index in [-0.39, 0.29) is 11.3 Å². The van der Waals surface area contributed by atoms with Crippen molar-refractivity contribution in [3.05, 3.63) is 47.7 Å². The first kappa shape index (κ1) is 20.4. The van der Waals surface area contributed by atoms with Gasteiger partial charge in [0, 0.05) is 37.2 Å². The molecule has 0 N–H and O–H groups in total. The van der Waals surface area contributed by atoms with Gasteiger partial charge in [-0.2, -0.15) is 0 Å². The number of nitrogens with zero attached hydrogens (tertiary/aromatic N) is 3. The minimum atomic E-state index is -0.0384. The molecule has 152 valence electrons. The first-order valence-corrected chi connectivity index (χ1v) is 10.1. The molecule has 1 aromatic carbocycles. The highest BCUT2D eigenvalue weighted by atomic mass is 16.5. The van der Waals surface area contributed by atoms with Crippen molar-refractivity contribution in [1.29, 1.82) is 0 Å². The van der Waals surface area contributed by atoms with Crippen LogP contribution in [-0.4, -0.2) is 53.5 Å². The van der Waals surface area contributed by atoms with Gasteiger partial charge < -0.3 is 14.1 Å². The number of hydrogen-bond acceptors (Lipinski definition) is 5. The second-order valence-corrected chi connectivity index (χ2v) is 8.25. The summed E-state index contributed by atoms with van der Waals surface area (Å²) in [6, 6.07) is 7.44. The molecule has 1 aliphatic heterocycles. The lowest BCUT2D eigenvalue weighted by atomic mass is 9.94. The summed E-state index contributed by atoms with van der Waals surface area (Å²) in [5.74, 6) is 2.45. The van der Waals surface area contributed by atoms with Gasteiger partial charge in [-0.1, -0.05) is 26.8 Å². The summed E-state index contributed by atoms with van der Waals surface area (Å²) in [5.41, 5.74) is 0.644. The molecule has 0 bridgehead atoms. The lowest BCUT2D eigenvalue weighted by molar-refractivity contribution is 0.0760. The van der Waals surface area contributed by atoms with E-state index in [1.807, 2.05) is 42.3 Å². The summed E-state index contributed by atoms with van der Waals surface area (Å²) in [6.07, 6.45) is 2.76. The molecule has 1 aromatic heterocycles. The van der Waals surface area contributed by atoms with Crippen LogP contribution in [0, 0.1) is 0 Å². The van der Waals surface area contributed by atoms with Crippen LogP contribution in [0.25, 0.3) is 0 Å². The predicted octanol–water partition coefficient (Wildman–Crippen LogP) is 3.72. The number of ether oxygens (including phenoxy) is 1. The van der Waals surface area contributed by atoms with Crippen molar-refractivity contribution in [1.82, 2.24) is 14.8 Å². The molecule has 1 fully saturated rings. The number of carbonyl (C=O) groups excluding carboxylic acids is 1. The minimum Gasteiger partial charge on any atom is -0.494 e. The number of aromatic nitrogens is 1. The van der Waals surface area contributed by atoms with Crippen LogP contribution in [0.1, 0.15) is 56.1 Å². The third-order valence-electron chi connectivity index (χ3n) is 4.92. The van der Waals surface area contributed by atoms with E-state index in [4.69, 9.17) is 9.15 Å². The number of amides is 1. The lowest BCUT2D eigenvalue weighted by Gasteiger charge is -2.21. The molecule has 0 aliphatic carbocycles. The molecule has 28 heavy (non-hydrogen) atoms. The van der Waals surface area contributed by atoms with Crippen molar-refractivity contribution < 1.29 is 13.9 Å². The van der Waals surface area contributed by atoms with Gasteiger partial charge in [-0.25, -0.2) is 4.98 Å². The zero-order chi connectivity index (χ0) is 20.1. The Labute approximate surface area is 167 Å². The Balaban J connectivity index is 1.59. The number of benzene rings is 1. The highest BCUT2D eigenvalue weighted by Gasteiger charge is 2.23. The number of hydrogen-bond donors (Lipinski definition) is 0. The second-order valence-electron chi connectivity index (χ2n) is 8.25. The van der Waals surface area contributed by atoms with Gasteiger partial charge in [0.1, 0.15) is 11.5 Å². The molecule has 0 unspecified atom stereocenters. The van der Waals surface area contributed by atoms with Gasteiger partial charge in [-0.15, -0.1) is 0 Å². The predicted molar refractivity (Wildman–Crippen MR) is 109 cm³/mol. The average Bonchev–Trinajstić information content (AvgIpc) is 3.01. The van der Waals surface area contributed by atoms with Crippen molar-refractivity contribution in [2.75, 3.05) is 32.8 Å². The van der Waals surface area contributed by atoms with Crippen molar-refractivity contribution in [3.63, 3.8) is 0 Å². The molecule has 3 rings (SSSR count). The molecule has 2 heterocycles. The lowest BCUT2D eigenvalue weighted by Crippen LogP contribution is -2.35. The first-order chi connectivity index (χ1) is 13.4. The van der Waals surface area contributed by atoms with Crippen LogP contribution in [0.5, 0.6) is 5.75 Å². The Hall–Kier alpha value is -2.34. The Morgan fingerprint density at radius 2 is 2.04 bits per heavy atom. The molecular weight excluding hydrogens is 354 g/mol. The van der Waals surface area contributed by atoms with Crippen molar-refractivity contribution in [3.8, 4) is 5.75 Å². The maximum absolute atomic E-state index is 12.9. The summed E-state index contributed by atoms with van der Waals surface area (Å²) < 4.78 is 11.4. The van der Waals surface area contributed by atoms with E-state index in [1.165, 1.54) is 0 Å². The molecule has 1 amide bonds. The van der Waals surface area contributed by atoms with Gasteiger partial charge in [0.25, 0.3) is 5.91 Å². The van der Waals surface area contributed by atoms with E-state index < -0.39 is 0 Å². The van der Waals surface area contributed by atoms with E-state index >= 15 is 0 Å². The van der Waals surface area contributed by atoms with Crippen LogP contribution < -0.4 is 4.74 Å². The molecule has 1 aliphatic rings. The summed E-state index contributed by atoms with van der Waals surface area (Å²) >= 11 is 0. The maximum atomic E-state index is 12.9. The summed E-state index contributed by atoms with van der Waals surface area (Å²) in [6.45, 7) is 12.8. The molecule has 6 nitrogen and oxygen atoms in total. The number of rotatable bonds is 5. The molecule has 0 radical (unpaired) electrons. The van der Waals surface area contributed by atoms with Gasteiger partial charge >= 0.3 is 0 Å². The van der Waals surface area contributed by atoms with Crippen molar-refractivity contribution >= 4 is 5.91 Å². The average molecular weight is 386 g/mol. The summed E-state index contributed by atoms with van der Waals surface area (Å²) in [4.78, 5) is 21.6. The highest BCUT2D eigenvalue weighted by Crippen LogP contribution is 2.23. The molecular formula is C22H31N3O3. The first-order valence-electron chi connectivity index (χ1n) is 10.1. The SMILES string of the molecule is CCOc1cccc(C(=O)N2CCCN(Cc3ncc(C(C)(C)C)o3)CC2)c1. The van der Waals surface area contributed by atoms with Crippen LogP contribution in [-0.2, 0) is 12.0 Å². The zero-order valence-electron chi connectivity index (χ0n) is 17.4. The largest absolute Gasteiger partial charge is 0.494 e. The van der Waals surface area contributed by atoms with Gasteiger partial charge in [-0.3, -0.25) is 9.69 Å². The van der Waals surface area contributed by atoms with Crippen LogP contribution in [0.4, 0.5) is 0 Å². The molecule has 0 spiro atoms. The molecule has 0 saturated carbocycles. The van der Waals surface area contributed by atoms with Gasteiger partial charge in [-0.05, 0) is 31.5 Å². The number of carbonyl (C=O) groups is 1. The fourth-order valence-electron chi connectivity index (χ4n) is 3.32. The van der Waals surface area contributed by atoms with Gasteiger partial charge in [0.05, 0.1) is 19.3 Å². The number of oxazole rings is 1. The van der Waals surface area contributed by atoms with E-state index in [0.29, 0.717) is 25.3 Å². The standard InChI is InChI=1S/C22H31N3O3/c1-5-27-18-9-6-8-17(14-18)21(26)25-11-7-10-24(12-13-25)16-20-23-15-19(28-20)22(2,3)4/h6,8-9,14-15H,5,7,10-13,16H2,1-4H3. The van der Waals surface area contributed by atoms with Crippen LogP contribution in [0.15, 0.2) is 34.9 Å². The second kappa shape index (κ2) is 8.78. The van der Waals surface area contributed by atoms with Crippen molar-refractivity contribution in [2.24, 2.45) is 0 Å². The van der Waals surface area contributed by atoms with Crippen LogP contribution >= 0.6 is 0 Å². The molecule has 6 heteroatoms. The minimum absolute atomic E-state index is 0.0384. The Morgan fingerprint density at radius 3 is 2.75 bits per heavy atom. The summed E-state index contributed by atoms with van der Waals surface area (Å²) in [5, 5.41) is 0. The molecule has 2 aromatic rings. The zero-order valence-corrected chi connectivity index (χ0v) is 17.4. The third-order valence-corrected chi connectivity index (χ3v) is 4.92. The van der Waals surface area contributed by atoms with E-state index in [0.717, 1.165) is 43.5 Å². The summed E-state index contributed by atoms with van der Waals surface area (Å²) in [7, 11) is 0. The molecule has 1 saturated heterocycles. The highest BCUT2D eigenvalue weighted by molar-refractivity contribution is 5.94. The van der Waals surface area contributed by atoms with Gasteiger partial charge in [0.15, 0.2) is 0 Å². The quantitative estimate of drug-likeness (QED) is 0.785. The monoisotopic (exact) mass is 385 g/mol. The Bertz CT molecular complexity index is 794. The maximum Gasteiger partial charge on any atom is 0.254 e. The Morgan fingerprint density at radius 1 is 1.21 bits per heavy atom. The molecule has 0 atom stereocenters. The van der Waals surface area contributed by atoms with E-state index in [2.05, 4.69) is 30.7 Å². The Kier molecular flexibility index (Phi) is 6.39. The fourth-order valence-corrected chi connectivity index (χ4v) is 3.32. The fraction of sp³-hybridized carbons (Fsp3) is 0.545. The normalized spacial score (nSPS) is 16.1. The van der Waals surface area contributed by atoms with E-state index in [9.17, 15) is 4.79 Å². The van der Waals surface area contributed by atoms with Crippen LogP contribution in [0.3, 0.4) is 0 Å². The third kappa shape index (κ3) is 5.13.